The Morgan fingerprint density at radius 3 is 3.00 bits per heavy atom. The molecular formula is C14H17N3O2. The molecule has 5 nitrogen and oxygen atoms in total. The summed E-state index contributed by atoms with van der Waals surface area (Å²) in [6.45, 7) is 4.37. The van der Waals surface area contributed by atoms with Gasteiger partial charge in [-0.05, 0) is 31.0 Å². The number of aromatic amines is 1. The van der Waals surface area contributed by atoms with Crippen molar-refractivity contribution in [2.45, 2.75) is 20.4 Å². The van der Waals surface area contributed by atoms with Crippen LogP contribution in [0.3, 0.4) is 0 Å². The van der Waals surface area contributed by atoms with Crippen LogP contribution in [0, 0.1) is 13.8 Å². The van der Waals surface area contributed by atoms with Gasteiger partial charge < -0.3 is 15.0 Å². The highest BCUT2D eigenvalue weighted by Crippen LogP contribution is 2.20. The molecule has 0 radical (unpaired) electrons. The number of carbonyl (C=O) groups excluding carboxylic acids is 1. The van der Waals surface area contributed by atoms with E-state index >= 15 is 0 Å². The molecule has 0 unspecified atom stereocenters. The zero-order valence-corrected chi connectivity index (χ0v) is 11.1. The average Bonchev–Trinajstić information content (AvgIpc) is 2.91. The van der Waals surface area contributed by atoms with Crippen LogP contribution in [0.15, 0.2) is 30.6 Å². The zero-order chi connectivity index (χ0) is 13.7. The monoisotopic (exact) mass is 259 g/mol. The lowest BCUT2D eigenvalue weighted by atomic mass is 10.1. The number of ether oxygens (including phenoxy) is 1. The minimum atomic E-state index is -0.169. The zero-order valence-electron chi connectivity index (χ0n) is 11.1. The summed E-state index contributed by atoms with van der Waals surface area (Å²) in [6, 6.07) is 5.79. The number of hydrogen-bond acceptors (Lipinski definition) is 3. The number of rotatable bonds is 5. The fraction of sp³-hybridized carbons (Fsp3) is 0.286. The van der Waals surface area contributed by atoms with E-state index in [1.165, 1.54) is 0 Å². The summed E-state index contributed by atoms with van der Waals surface area (Å²) < 4.78 is 5.51. The third kappa shape index (κ3) is 3.58. The molecule has 0 bridgehead atoms. The molecule has 0 fully saturated rings. The molecule has 19 heavy (non-hydrogen) atoms. The van der Waals surface area contributed by atoms with Crippen molar-refractivity contribution in [1.29, 1.82) is 0 Å². The Labute approximate surface area is 112 Å². The molecule has 1 heterocycles. The Kier molecular flexibility index (Phi) is 4.18. The lowest BCUT2D eigenvalue weighted by molar-refractivity contribution is -0.123. The van der Waals surface area contributed by atoms with E-state index in [0.717, 1.165) is 22.7 Å². The molecule has 1 aromatic carbocycles. The Morgan fingerprint density at radius 2 is 2.26 bits per heavy atom. The summed E-state index contributed by atoms with van der Waals surface area (Å²) >= 11 is 0. The second-order valence-electron chi connectivity index (χ2n) is 4.30. The van der Waals surface area contributed by atoms with Gasteiger partial charge in [-0.1, -0.05) is 12.1 Å². The highest BCUT2D eigenvalue weighted by atomic mass is 16.5. The van der Waals surface area contributed by atoms with Crippen LogP contribution in [0.2, 0.25) is 0 Å². The highest BCUT2D eigenvalue weighted by molar-refractivity contribution is 5.77. The van der Waals surface area contributed by atoms with Crippen molar-refractivity contribution < 1.29 is 9.53 Å². The Morgan fingerprint density at radius 1 is 1.42 bits per heavy atom. The van der Waals surface area contributed by atoms with E-state index in [0.29, 0.717) is 6.54 Å². The first kappa shape index (κ1) is 13.1. The van der Waals surface area contributed by atoms with Crippen LogP contribution in [-0.2, 0) is 11.3 Å². The standard InChI is InChI=1S/C14H17N3O2/c1-10-4-3-5-12(11(10)2)19-9-14(18)17-8-13-15-6-7-16-13/h3-7H,8-9H2,1-2H3,(H,15,16)(H,17,18). The number of hydrogen-bond donors (Lipinski definition) is 2. The van der Waals surface area contributed by atoms with Crippen molar-refractivity contribution in [3.8, 4) is 5.75 Å². The number of nitrogens with one attached hydrogen (secondary N) is 2. The van der Waals surface area contributed by atoms with Crippen molar-refractivity contribution in [3.05, 3.63) is 47.5 Å². The van der Waals surface area contributed by atoms with Gasteiger partial charge in [0, 0.05) is 12.4 Å². The van der Waals surface area contributed by atoms with Crippen molar-refractivity contribution in [1.82, 2.24) is 15.3 Å². The lowest BCUT2D eigenvalue weighted by Gasteiger charge is -2.10. The first-order valence-electron chi connectivity index (χ1n) is 6.11. The third-order valence-electron chi connectivity index (χ3n) is 2.92. The first-order chi connectivity index (χ1) is 9.16. The second kappa shape index (κ2) is 6.04. The van der Waals surface area contributed by atoms with Gasteiger partial charge >= 0.3 is 0 Å². The highest BCUT2D eigenvalue weighted by Gasteiger charge is 2.06. The summed E-state index contributed by atoms with van der Waals surface area (Å²) in [7, 11) is 0. The maximum Gasteiger partial charge on any atom is 0.258 e. The van der Waals surface area contributed by atoms with Crippen molar-refractivity contribution in [3.63, 3.8) is 0 Å². The summed E-state index contributed by atoms with van der Waals surface area (Å²) in [5.41, 5.74) is 2.20. The lowest BCUT2D eigenvalue weighted by Crippen LogP contribution is -2.28. The predicted molar refractivity (Wildman–Crippen MR) is 71.8 cm³/mol. The van der Waals surface area contributed by atoms with Gasteiger partial charge in [-0.2, -0.15) is 0 Å². The topological polar surface area (TPSA) is 67.0 Å². The van der Waals surface area contributed by atoms with Gasteiger partial charge in [0.05, 0.1) is 6.54 Å². The van der Waals surface area contributed by atoms with Gasteiger partial charge in [0.2, 0.25) is 0 Å². The van der Waals surface area contributed by atoms with Crippen molar-refractivity contribution in [2.75, 3.05) is 6.61 Å². The van der Waals surface area contributed by atoms with Gasteiger partial charge in [-0.25, -0.2) is 4.98 Å². The molecule has 0 saturated carbocycles. The number of benzene rings is 1. The SMILES string of the molecule is Cc1cccc(OCC(=O)NCc2ncc[nH]2)c1C. The number of H-pyrrole nitrogens is 1. The van der Waals surface area contributed by atoms with E-state index in [1.807, 2.05) is 32.0 Å². The van der Waals surface area contributed by atoms with E-state index in [1.54, 1.807) is 12.4 Å². The molecule has 5 heteroatoms. The van der Waals surface area contributed by atoms with Crippen LogP contribution < -0.4 is 10.1 Å². The summed E-state index contributed by atoms with van der Waals surface area (Å²) in [5.74, 6) is 1.30. The Hall–Kier alpha value is -2.30. The summed E-state index contributed by atoms with van der Waals surface area (Å²) in [5, 5.41) is 2.73. The third-order valence-corrected chi connectivity index (χ3v) is 2.92. The normalized spacial score (nSPS) is 10.2. The van der Waals surface area contributed by atoms with Gasteiger partial charge in [-0.15, -0.1) is 0 Å². The Balaban J connectivity index is 1.81. The van der Waals surface area contributed by atoms with Crippen LogP contribution in [0.1, 0.15) is 17.0 Å². The molecule has 0 aliphatic carbocycles. The molecule has 2 rings (SSSR count). The number of carbonyl (C=O) groups is 1. The van der Waals surface area contributed by atoms with Crippen LogP contribution in [-0.4, -0.2) is 22.5 Å². The largest absolute Gasteiger partial charge is 0.483 e. The number of amides is 1. The molecule has 0 aliphatic rings. The first-order valence-corrected chi connectivity index (χ1v) is 6.11. The smallest absolute Gasteiger partial charge is 0.258 e. The van der Waals surface area contributed by atoms with Crippen LogP contribution in [0.25, 0.3) is 0 Å². The molecule has 1 aromatic heterocycles. The van der Waals surface area contributed by atoms with E-state index in [9.17, 15) is 4.79 Å². The van der Waals surface area contributed by atoms with E-state index in [-0.39, 0.29) is 12.5 Å². The molecule has 0 spiro atoms. The molecular weight excluding hydrogens is 242 g/mol. The number of nitrogens with zero attached hydrogens (tertiary/aromatic N) is 1. The van der Waals surface area contributed by atoms with E-state index in [2.05, 4.69) is 15.3 Å². The summed E-state index contributed by atoms with van der Waals surface area (Å²) in [4.78, 5) is 18.6. The van der Waals surface area contributed by atoms with Crippen LogP contribution in [0.5, 0.6) is 5.75 Å². The molecule has 0 aliphatic heterocycles. The number of aryl methyl sites for hydroxylation is 1. The molecule has 1 amide bonds. The summed E-state index contributed by atoms with van der Waals surface area (Å²) in [6.07, 6.45) is 3.36. The molecule has 0 saturated heterocycles. The van der Waals surface area contributed by atoms with E-state index in [4.69, 9.17) is 4.74 Å². The minimum absolute atomic E-state index is 0.00496. The predicted octanol–water partition coefficient (Wildman–Crippen LogP) is 1.72. The molecule has 0 atom stereocenters. The van der Waals surface area contributed by atoms with Crippen LogP contribution in [0.4, 0.5) is 0 Å². The fourth-order valence-corrected chi connectivity index (χ4v) is 1.65. The molecule has 2 aromatic rings. The van der Waals surface area contributed by atoms with Gasteiger partial charge in [0.25, 0.3) is 5.91 Å². The Bertz CT molecular complexity index is 550. The minimum Gasteiger partial charge on any atom is -0.483 e. The van der Waals surface area contributed by atoms with E-state index < -0.39 is 0 Å². The van der Waals surface area contributed by atoms with Crippen molar-refractivity contribution >= 4 is 5.91 Å². The number of imidazole rings is 1. The molecule has 100 valence electrons. The van der Waals surface area contributed by atoms with Gasteiger partial charge in [-0.3, -0.25) is 4.79 Å². The second-order valence-corrected chi connectivity index (χ2v) is 4.30. The molecule has 2 N–H and O–H groups in total. The maximum atomic E-state index is 11.6. The quantitative estimate of drug-likeness (QED) is 0.859. The van der Waals surface area contributed by atoms with Crippen molar-refractivity contribution in [2.24, 2.45) is 0 Å². The van der Waals surface area contributed by atoms with Gasteiger partial charge in [0.1, 0.15) is 11.6 Å². The average molecular weight is 259 g/mol. The number of aromatic nitrogens is 2. The fourth-order valence-electron chi connectivity index (χ4n) is 1.65. The van der Waals surface area contributed by atoms with Gasteiger partial charge in [0.15, 0.2) is 6.61 Å². The maximum absolute atomic E-state index is 11.6. The van der Waals surface area contributed by atoms with Crippen LogP contribution >= 0.6 is 0 Å².